The third-order valence-corrected chi connectivity index (χ3v) is 6.53. The molecule has 2 aliphatic heterocycles. The molecule has 2 amide bonds. The molecule has 3 rings (SSSR count). The second-order valence-electron chi connectivity index (χ2n) is 6.47. The molecule has 146 valence electrons. The van der Waals surface area contributed by atoms with Crippen LogP contribution in [0.15, 0.2) is 29.5 Å². The first-order valence-electron chi connectivity index (χ1n) is 8.19. The van der Waals surface area contributed by atoms with Gasteiger partial charge in [0.2, 0.25) is 0 Å². The Balaban J connectivity index is 2.09. The van der Waals surface area contributed by atoms with Crippen molar-refractivity contribution in [2.75, 3.05) is 18.6 Å². The first kappa shape index (κ1) is 19.3. The van der Waals surface area contributed by atoms with E-state index in [1.165, 1.54) is 11.8 Å². The van der Waals surface area contributed by atoms with E-state index in [4.69, 9.17) is 4.74 Å². The normalized spacial score (nSPS) is 24.7. The van der Waals surface area contributed by atoms with E-state index in [9.17, 15) is 26.8 Å². The molecule has 0 spiro atoms. The zero-order chi connectivity index (χ0) is 19.9. The fraction of sp³-hybridized carbons (Fsp3) is 0.412. The lowest BCUT2D eigenvalue weighted by molar-refractivity contribution is -0.136. The second kappa shape index (κ2) is 6.91. The number of nitrogens with zero attached hydrogens (tertiary/aromatic N) is 1. The summed E-state index contributed by atoms with van der Waals surface area (Å²) in [7, 11) is -2.13. The summed E-state index contributed by atoms with van der Waals surface area (Å²) in [5.74, 6) is -2.80. The molecular formula is C17H18F2N2O5S. The standard InChI is InChI=1S/C17H18F2N2O5S/c1-9-14(16(22)26-2)15(12-4-3-10(18)7-13(12)19)20-17(23)21(9)11-5-6-27(24,25)8-11/h3-4,7,11,15H,5-6,8H2,1-2H3,(H,20,23)/t11-,15+/m0/s1. The maximum atomic E-state index is 14.3. The molecule has 1 saturated heterocycles. The molecule has 1 aromatic rings. The van der Waals surface area contributed by atoms with Crippen molar-refractivity contribution in [2.24, 2.45) is 0 Å². The van der Waals surface area contributed by atoms with Gasteiger partial charge in [-0.25, -0.2) is 26.8 Å². The van der Waals surface area contributed by atoms with Gasteiger partial charge in [-0.2, -0.15) is 0 Å². The number of ether oxygens (including phenoxy) is 1. The molecular weight excluding hydrogens is 382 g/mol. The number of sulfone groups is 1. The Morgan fingerprint density at radius 2 is 2.04 bits per heavy atom. The number of carbonyl (C=O) groups excluding carboxylic acids is 2. The van der Waals surface area contributed by atoms with Gasteiger partial charge in [0, 0.05) is 17.3 Å². The van der Waals surface area contributed by atoms with Crippen LogP contribution in [0.2, 0.25) is 0 Å². The summed E-state index contributed by atoms with van der Waals surface area (Å²) >= 11 is 0. The Hall–Kier alpha value is -2.49. The Morgan fingerprint density at radius 3 is 2.59 bits per heavy atom. The molecule has 0 aromatic heterocycles. The molecule has 2 heterocycles. The van der Waals surface area contributed by atoms with Crippen molar-refractivity contribution in [3.05, 3.63) is 46.7 Å². The van der Waals surface area contributed by atoms with Crippen LogP contribution < -0.4 is 5.32 Å². The Bertz CT molecular complexity index is 945. The predicted molar refractivity (Wildman–Crippen MR) is 91.2 cm³/mol. The third-order valence-electron chi connectivity index (χ3n) is 4.78. The van der Waals surface area contributed by atoms with Gasteiger partial charge in [-0.3, -0.25) is 4.90 Å². The van der Waals surface area contributed by atoms with Crippen molar-refractivity contribution in [1.29, 1.82) is 0 Å². The van der Waals surface area contributed by atoms with Crippen molar-refractivity contribution < 1.29 is 31.5 Å². The summed E-state index contributed by atoms with van der Waals surface area (Å²) in [4.78, 5) is 26.2. The number of allylic oxidation sites excluding steroid dienone is 1. The van der Waals surface area contributed by atoms with Crippen molar-refractivity contribution in [2.45, 2.75) is 25.4 Å². The molecule has 0 unspecified atom stereocenters. The van der Waals surface area contributed by atoms with Crippen LogP contribution in [0.5, 0.6) is 0 Å². The van der Waals surface area contributed by atoms with Crippen molar-refractivity contribution in [3.63, 3.8) is 0 Å². The number of hydrogen-bond acceptors (Lipinski definition) is 5. The number of esters is 1. The number of halogens is 2. The van der Waals surface area contributed by atoms with E-state index in [0.717, 1.165) is 19.2 Å². The van der Waals surface area contributed by atoms with Crippen LogP contribution in [0, 0.1) is 11.6 Å². The molecule has 0 radical (unpaired) electrons. The number of urea groups is 1. The SMILES string of the molecule is COC(=O)C1=C(C)N([C@H]2CCS(=O)(=O)C2)C(=O)N[C@@H]1c1ccc(F)cc1F. The van der Waals surface area contributed by atoms with Crippen molar-refractivity contribution in [1.82, 2.24) is 10.2 Å². The minimum Gasteiger partial charge on any atom is -0.466 e. The van der Waals surface area contributed by atoms with Gasteiger partial charge in [0.15, 0.2) is 9.84 Å². The van der Waals surface area contributed by atoms with E-state index < -0.39 is 45.6 Å². The summed E-state index contributed by atoms with van der Waals surface area (Å²) in [5.41, 5.74) is 0.0523. The highest BCUT2D eigenvalue weighted by atomic mass is 32.2. The van der Waals surface area contributed by atoms with Crippen LogP contribution in [0.25, 0.3) is 0 Å². The lowest BCUT2D eigenvalue weighted by Gasteiger charge is -2.38. The van der Waals surface area contributed by atoms with Gasteiger partial charge < -0.3 is 10.1 Å². The molecule has 1 aromatic carbocycles. The average Bonchev–Trinajstić information content (AvgIpc) is 2.93. The monoisotopic (exact) mass is 400 g/mol. The maximum Gasteiger partial charge on any atom is 0.337 e. The van der Waals surface area contributed by atoms with Crippen LogP contribution in [0.1, 0.15) is 24.9 Å². The number of methoxy groups -OCH3 is 1. The highest BCUT2D eigenvalue weighted by Crippen LogP contribution is 2.35. The molecule has 0 aliphatic carbocycles. The van der Waals surface area contributed by atoms with Crippen LogP contribution in [-0.2, 0) is 19.4 Å². The van der Waals surface area contributed by atoms with Gasteiger partial charge in [-0.1, -0.05) is 6.07 Å². The zero-order valence-corrected chi connectivity index (χ0v) is 15.5. The number of hydrogen-bond donors (Lipinski definition) is 1. The first-order valence-corrected chi connectivity index (χ1v) is 10.0. The first-order chi connectivity index (χ1) is 12.6. The minimum atomic E-state index is -3.27. The summed E-state index contributed by atoms with van der Waals surface area (Å²) in [6.07, 6.45) is 0.233. The van der Waals surface area contributed by atoms with E-state index in [0.29, 0.717) is 6.07 Å². The van der Waals surface area contributed by atoms with Crippen molar-refractivity contribution in [3.8, 4) is 0 Å². The van der Waals surface area contributed by atoms with E-state index in [2.05, 4.69) is 5.32 Å². The smallest absolute Gasteiger partial charge is 0.337 e. The number of amides is 2. The summed E-state index contributed by atoms with van der Waals surface area (Å²) < 4.78 is 55.8. The van der Waals surface area contributed by atoms with Gasteiger partial charge >= 0.3 is 12.0 Å². The van der Waals surface area contributed by atoms with Crippen molar-refractivity contribution >= 4 is 21.8 Å². The third kappa shape index (κ3) is 3.53. The highest BCUT2D eigenvalue weighted by molar-refractivity contribution is 7.91. The largest absolute Gasteiger partial charge is 0.466 e. The van der Waals surface area contributed by atoms with Crippen LogP contribution in [0.4, 0.5) is 13.6 Å². The maximum absolute atomic E-state index is 14.3. The zero-order valence-electron chi connectivity index (χ0n) is 14.7. The number of rotatable bonds is 3. The number of benzene rings is 1. The lowest BCUT2D eigenvalue weighted by Crippen LogP contribution is -2.52. The summed E-state index contributed by atoms with van der Waals surface area (Å²) in [6, 6.07) is 0.345. The Kier molecular flexibility index (Phi) is 4.94. The highest BCUT2D eigenvalue weighted by Gasteiger charge is 2.43. The molecule has 0 bridgehead atoms. The molecule has 1 N–H and O–H groups in total. The Labute approximate surface area is 154 Å². The van der Waals surface area contributed by atoms with Gasteiger partial charge in [-0.05, 0) is 19.4 Å². The number of carbonyl (C=O) groups is 2. The van der Waals surface area contributed by atoms with Gasteiger partial charge in [0.05, 0.1) is 36.3 Å². The van der Waals surface area contributed by atoms with Crippen LogP contribution >= 0.6 is 0 Å². The summed E-state index contributed by atoms with van der Waals surface area (Å²) in [6.45, 7) is 1.48. The minimum absolute atomic E-state index is 0.0353. The molecule has 7 nitrogen and oxygen atoms in total. The molecule has 2 aliphatic rings. The number of nitrogens with one attached hydrogen (secondary N) is 1. The Morgan fingerprint density at radius 1 is 1.33 bits per heavy atom. The lowest BCUT2D eigenvalue weighted by atomic mass is 9.93. The molecule has 0 saturated carbocycles. The topological polar surface area (TPSA) is 92.8 Å². The molecule has 10 heteroatoms. The van der Waals surface area contributed by atoms with Gasteiger partial charge in [0.25, 0.3) is 0 Å². The second-order valence-corrected chi connectivity index (χ2v) is 8.69. The fourth-order valence-electron chi connectivity index (χ4n) is 3.52. The van der Waals surface area contributed by atoms with E-state index >= 15 is 0 Å². The molecule has 2 atom stereocenters. The van der Waals surface area contributed by atoms with E-state index in [1.54, 1.807) is 0 Å². The van der Waals surface area contributed by atoms with E-state index in [-0.39, 0.29) is 34.8 Å². The molecule has 27 heavy (non-hydrogen) atoms. The van der Waals surface area contributed by atoms with Crippen LogP contribution in [0.3, 0.4) is 0 Å². The fourth-order valence-corrected chi connectivity index (χ4v) is 5.22. The summed E-state index contributed by atoms with van der Waals surface area (Å²) in [5, 5.41) is 2.51. The molecule has 1 fully saturated rings. The van der Waals surface area contributed by atoms with Crippen LogP contribution in [-0.4, -0.2) is 50.0 Å². The average molecular weight is 400 g/mol. The van der Waals surface area contributed by atoms with E-state index in [1.807, 2.05) is 0 Å². The van der Waals surface area contributed by atoms with Gasteiger partial charge in [0.1, 0.15) is 11.6 Å². The predicted octanol–water partition coefficient (Wildman–Crippen LogP) is 1.67. The van der Waals surface area contributed by atoms with Gasteiger partial charge in [-0.15, -0.1) is 0 Å². The quantitative estimate of drug-likeness (QED) is 0.779.